The topological polar surface area (TPSA) is 16.3 Å². The third-order valence-corrected chi connectivity index (χ3v) is 33.4. The summed E-state index contributed by atoms with van der Waals surface area (Å²) < 4.78 is 10.1. The largest absolute Gasteiger partial charge is 0.310 e. The average Bonchev–Trinajstić information content (AvgIpc) is 1.48. The number of para-hydroxylation sites is 4. The first-order valence-corrected chi connectivity index (χ1v) is 46.3. The first kappa shape index (κ1) is 69.9. The van der Waals surface area contributed by atoms with Crippen LogP contribution in [0, 0.1) is 47.3 Å². The van der Waals surface area contributed by atoms with Crippen molar-refractivity contribution in [2.75, 3.05) is 9.80 Å². The van der Waals surface area contributed by atoms with E-state index in [-0.39, 0.29) is 10.8 Å². The highest BCUT2D eigenvalue weighted by Gasteiger charge is 2.63. The molecule has 8 bridgehead atoms. The number of fused-ring (bicyclic) bond motifs is 18. The molecule has 0 unspecified atom stereocenters. The van der Waals surface area contributed by atoms with Crippen molar-refractivity contribution < 1.29 is 0 Å². The lowest BCUT2D eigenvalue weighted by Gasteiger charge is -2.61. The molecule has 0 amide bonds. The maximum atomic E-state index is 2.55. The summed E-state index contributed by atoms with van der Waals surface area (Å²) in [5, 5.41) is 10.4. The van der Waals surface area contributed by atoms with Crippen molar-refractivity contribution in [3.05, 3.63) is 386 Å². The van der Waals surface area contributed by atoms with Crippen molar-refractivity contribution in [2.45, 2.75) is 75.0 Å². The standard InChI is InChI=1S/2C58H44N2S/c1-5-13-52-46(9-1)51-34-39(19-28-53(51)58(52)40-30-36-29-37(32-40)33-41(58)31-36)38-17-20-42(21-18-38)59(45-26-27-50-49-12-4-8-16-56(49)61-57(50)35-45)43-22-24-44(25-23-43)60-54-14-6-2-10-47(54)48-11-3-7-15-55(48)60;1-2-10-42(11-3-1)60-54-16-8-5-13-47(54)48-25-23-44(34-55(48)60)59(45-24-26-50-49-14-6-9-17-56(49)61-57(50)35-45)43-21-18-38(19-22-43)39-20-27-53-51(33-39)46-12-4-7-15-52(46)58(53)40-29-36-28-37(31-40)32-41(58)30-36/h1-28,34-37,40-41H,29-33H2;1-27,33-37,40-41H,28-32H2. The fraction of sp³-hybridized carbons (Fsp3) is 0.172. The Hall–Kier alpha value is -12.8. The molecule has 20 aromatic rings. The van der Waals surface area contributed by atoms with Gasteiger partial charge in [-0.25, -0.2) is 0 Å². The van der Waals surface area contributed by atoms with Gasteiger partial charge in [0.05, 0.1) is 22.1 Å². The third-order valence-electron chi connectivity index (χ3n) is 31.1. The minimum absolute atomic E-state index is 0.199. The molecule has 0 atom stereocenters. The molecule has 4 heterocycles. The average molecular weight is 1600 g/mol. The van der Waals surface area contributed by atoms with Gasteiger partial charge < -0.3 is 18.9 Å². The van der Waals surface area contributed by atoms with Crippen LogP contribution in [0.4, 0.5) is 34.1 Å². The molecule has 584 valence electrons. The van der Waals surface area contributed by atoms with E-state index in [4.69, 9.17) is 0 Å². The summed E-state index contributed by atoms with van der Waals surface area (Å²) in [6, 6.07) is 138. The van der Waals surface area contributed by atoms with E-state index < -0.39 is 0 Å². The number of hydrogen-bond acceptors (Lipinski definition) is 4. The molecular formula is C116H88N4S2. The Bertz CT molecular complexity index is 7570. The zero-order chi connectivity index (χ0) is 79.6. The van der Waals surface area contributed by atoms with Crippen LogP contribution in [0.1, 0.15) is 86.5 Å². The highest BCUT2D eigenvalue weighted by atomic mass is 32.1. The summed E-state index contributed by atoms with van der Waals surface area (Å²) >= 11 is 3.75. The van der Waals surface area contributed by atoms with Crippen LogP contribution in [0.2, 0.25) is 0 Å². The second-order valence-electron chi connectivity index (χ2n) is 37.1. The fourth-order valence-corrected chi connectivity index (χ4v) is 29.1. The van der Waals surface area contributed by atoms with Gasteiger partial charge in [-0.2, -0.15) is 0 Å². The number of rotatable bonds is 10. The smallest absolute Gasteiger partial charge is 0.0561 e. The van der Waals surface area contributed by atoms with E-state index in [1.54, 1.807) is 22.3 Å². The first-order chi connectivity index (χ1) is 60.4. The Morgan fingerprint density at radius 2 is 0.525 bits per heavy atom. The summed E-state index contributed by atoms with van der Waals surface area (Å²) in [5.41, 5.74) is 32.0. The molecule has 16 aromatic carbocycles. The molecule has 4 aromatic heterocycles. The summed E-state index contributed by atoms with van der Waals surface area (Å²) in [7, 11) is 0. The van der Waals surface area contributed by atoms with Crippen molar-refractivity contribution in [1.82, 2.24) is 9.13 Å². The normalized spacial score (nSPS) is 22.2. The molecule has 122 heavy (non-hydrogen) atoms. The lowest BCUT2D eigenvalue weighted by molar-refractivity contribution is -0.0399. The van der Waals surface area contributed by atoms with Gasteiger partial charge in [-0.15, -0.1) is 22.7 Å². The van der Waals surface area contributed by atoms with Crippen LogP contribution >= 0.6 is 22.7 Å². The number of benzene rings is 16. The van der Waals surface area contributed by atoms with Gasteiger partial charge in [0.25, 0.3) is 0 Å². The van der Waals surface area contributed by atoms with Crippen LogP contribution in [0.25, 0.3) is 140 Å². The van der Waals surface area contributed by atoms with Crippen LogP contribution in [0.5, 0.6) is 0 Å². The molecular weight excluding hydrogens is 1510 g/mol. The Labute approximate surface area is 718 Å². The number of thiophene rings is 2. The van der Waals surface area contributed by atoms with Crippen LogP contribution in [-0.4, -0.2) is 9.13 Å². The molecule has 0 radical (unpaired) electrons. The first-order valence-electron chi connectivity index (χ1n) is 44.7. The molecule has 30 rings (SSSR count). The predicted octanol–water partition coefficient (Wildman–Crippen LogP) is 32.0. The molecule has 0 aliphatic heterocycles. The number of nitrogens with zero attached hydrogens (tertiary/aromatic N) is 4. The summed E-state index contributed by atoms with van der Waals surface area (Å²) in [5.74, 6) is 6.92. The van der Waals surface area contributed by atoms with Crippen molar-refractivity contribution in [3.8, 4) is 55.9 Å². The second-order valence-corrected chi connectivity index (χ2v) is 39.2. The van der Waals surface area contributed by atoms with Gasteiger partial charge in [0.2, 0.25) is 0 Å². The van der Waals surface area contributed by atoms with Crippen LogP contribution < -0.4 is 9.80 Å². The molecule has 8 saturated carbocycles. The van der Waals surface area contributed by atoms with Crippen molar-refractivity contribution >= 4 is 141 Å². The monoisotopic (exact) mass is 1600 g/mol. The Kier molecular flexibility index (Phi) is 15.4. The van der Waals surface area contributed by atoms with Crippen LogP contribution in [0.3, 0.4) is 0 Å². The van der Waals surface area contributed by atoms with E-state index in [1.165, 1.54) is 198 Å². The minimum atomic E-state index is 0.199. The molecule has 2 spiro atoms. The summed E-state index contributed by atoms with van der Waals surface area (Å²) in [6.45, 7) is 0. The minimum Gasteiger partial charge on any atom is -0.310 e. The van der Waals surface area contributed by atoms with Gasteiger partial charge in [0.1, 0.15) is 0 Å². The van der Waals surface area contributed by atoms with E-state index >= 15 is 0 Å². The maximum Gasteiger partial charge on any atom is 0.0561 e. The fourth-order valence-electron chi connectivity index (χ4n) is 26.8. The Balaban J connectivity index is 0.000000128. The van der Waals surface area contributed by atoms with E-state index in [1.807, 2.05) is 22.7 Å². The predicted molar refractivity (Wildman–Crippen MR) is 514 cm³/mol. The lowest BCUT2D eigenvalue weighted by atomic mass is 9.43. The lowest BCUT2D eigenvalue weighted by Crippen LogP contribution is -2.55. The maximum absolute atomic E-state index is 2.55. The zero-order valence-corrected chi connectivity index (χ0v) is 69.6. The van der Waals surface area contributed by atoms with Gasteiger partial charge in [0, 0.05) is 118 Å². The third kappa shape index (κ3) is 10.3. The van der Waals surface area contributed by atoms with Gasteiger partial charge in [0.15, 0.2) is 0 Å². The summed E-state index contributed by atoms with van der Waals surface area (Å²) in [4.78, 5) is 4.88. The van der Waals surface area contributed by atoms with Gasteiger partial charge in [-0.05, 0) is 318 Å². The van der Waals surface area contributed by atoms with Crippen molar-refractivity contribution in [3.63, 3.8) is 0 Å². The van der Waals surface area contributed by atoms with Gasteiger partial charge in [-0.1, -0.05) is 224 Å². The number of anilines is 6. The molecule has 6 heteroatoms. The quantitative estimate of drug-likeness (QED) is 0.136. The van der Waals surface area contributed by atoms with Crippen LogP contribution in [-0.2, 0) is 10.8 Å². The van der Waals surface area contributed by atoms with E-state index in [9.17, 15) is 0 Å². The van der Waals surface area contributed by atoms with E-state index in [0.29, 0.717) is 0 Å². The highest BCUT2D eigenvalue weighted by molar-refractivity contribution is 7.26. The Morgan fingerprint density at radius 3 is 0.975 bits per heavy atom. The molecule has 10 aliphatic carbocycles. The van der Waals surface area contributed by atoms with Crippen LogP contribution in [0.15, 0.2) is 364 Å². The van der Waals surface area contributed by atoms with Crippen molar-refractivity contribution in [1.29, 1.82) is 0 Å². The molecule has 0 N–H and O–H groups in total. The molecule has 0 saturated heterocycles. The van der Waals surface area contributed by atoms with E-state index in [0.717, 1.165) is 87.2 Å². The zero-order valence-electron chi connectivity index (χ0n) is 67.9. The molecule has 10 aliphatic rings. The highest BCUT2D eigenvalue weighted by Crippen LogP contribution is 2.72. The van der Waals surface area contributed by atoms with Crippen molar-refractivity contribution in [2.24, 2.45) is 47.3 Å². The molecule has 8 fully saturated rings. The van der Waals surface area contributed by atoms with Gasteiger partial charge in [-0.3, -0.25) is 0 Å². The second kappa shape index (κ2) is 26.8. The molecule has 4 nitrogen and oxygen atoms in total. The van der Waals surface area contributed by atoms with E-state index in [2.05, 4.69) is 383 Å². The number of hydrogen-bond donors (Lipinski definition) is 0. The number of aromatic nitrogens is 2. The SMILES string of the molecule is c1ccc(-n2c3ccccc3c3ccc(N(c4ccc(-c5ccc6c(c5)-c5ccccc5C65C6CC7CC(C6)CC5C7)cc4)c4ccc5c(c4)sc4ccccc45)cc32)cc1.c1ccc2c(c1)-c1cc(-c3ccc(N(c4ccc(-n5c6ccccc6c6ccccc65)cc4)c4ccc5c(c4)sc4ccccc45)cc3)ccc1C21C2CC3CC(C2)CC1C3. The summed E-state index contributed by atoms with van der Waals surface area (Å²) in [6.07, 6.45) is 14.3. The van der Waals surface area contributed by atoms with Gasteiger partial charge >= 0.3 is 0 Å². The Morgan fingerprint density at radius 1 is 0.213 bits per heavy atom.